The van der Waals surface area contributed by atoms with E-state index in [-0.39, 0.29) is 11.6 Å². The summed E-state index contributed by atoms with van der Waals surface area (Å²) in [6.45, 7) is 1.20. The molecule has 0 heterocycles. The number of non-ortho nitro benzene ring substituents is 1. The SMILES string of the molecule is NCCCC(=O)NCCCCc1ccc([N+](=O)[O-])cc1. The second kappa shape index (κ2) is 9.03. The predicted octanol–water partition coefficient (Wildman–Crippen LogP) is 1.77. The van der Waals surface area contributed by atoms with Crippen LogP contribution in [0.2, 0.25) is 0 Å². The summed E-state index contributed by atoms with van der Waals surface area (Å²) in [6.07, 6.45) is 3.89. The molecule has 20 heavy (non-hydrogen) atoms. The third-order valence-electron chi connectivity index (χ3n) is 2.97. The molecule has 0 spiro atoms. The predicted molar refractivity (Wildman–Crippen MR) is 77.3 cm³/mol. The van der Waals surface area contributed by atoms with Gasteiger partial charge in [0.15, 0.2) is 0 Å². The first-order valence-electron chi connectivity index (χ1n) is 6.83. The van der Waals surface area contributed by atoms with Crippen LogP contribution in [0.1, 0.15) is 31.2 Å². The highest BCUT2D eigenvalue weighted by Crippen LogP contribution is 2.13. The summed E-state index contributed by atoms with van der Waals surface area (Å²) < 4.78 is 0. The van der Waals surface area contributed by atoms with Crippen molar-refractivity contribution in [3.8, 4) is 0 Å². The molecule has 1 aromatic carbocycles. The second-order valence-electron chi connectivity index (χ2n) is 4.62. The summed E-state index contributed by atoms with van der Waals surface area (Å²) >= 11 is 0. The Bertz CT molecular complexity index is 432. The molecule has 0 radical (unpaired) electrons. The number of nitrogens with zero attached hydrogens (tertiary/aromatic N) is 1. The molecule has 0 aliphatic heterocycles. The van der Waals surface area contributed by atoms with E-state index in [0.29, 0.717) is 25.9 Å². The smallest absolute Gasteiger partial charge is 0.269 e. The third-order valence-corrected chi connectivity index (χ3v) is 2.97. The van der Waals surface area contributed by atoms with Crippen LogP contribution in [0.5, 0.6) is 0 Å². The van der Waals surface area contributed by atoms with Gasteiger partial charge in [0.25, 0.3) is 5.69 Å². The van der Waals surface area contributed by atoms with Crippen LogP contribution in [0.25, 0.3) is 0 Å². The number of aryl methyl sites for hydroxylation is 1. The van der Waals surface area contributed by atoms with Crippen molar-refractivity contribution in [2.45, 2.75) is 32.1 Å². The molecule has 1 aromatic rings. The number of nitro benzene ring substituents is 1. The normalized spacial score (nSPS) is 10.2. The molecule has 0 aromatic heterocycles. The number of carbonyl (C=O) groups is 1. The number of rotatable bonds is 9. The first-order valence-corrected chi connectivity index (χ1v) is 6.83. The van der Waals surface area contributed by atoms with Gasteiger partial charge in [-0.05, 0) is 37.8 Å². The van der Waals surface area contributed by atoms with Crippen molar-refractivity contribution >= 4 is 11.6 Å². The van der Waals surface area contributed by atoms with E-state index in [1.165, 1.54) is 12.1 Å². The summed E-state index contributed by atoms with van der Waals surface area (Å²) in [5.74, 6) is 0.0470. The highest BCUT2D eigenvalue weighted by Gasteiger charge is 2.04. The van der Waals surface area contributed by atoms with Crippen LogP contribution in [0.15, 0.2) is 24.3 Å². The quantitative estimate of drug-likeness (QED) is 0.409. The lowest BCUT2D eigenvalue weighted by atomic mass is 10.1. The van der Waals surface area contributed by atoms with Gasteiger partial charge >= 0.3 is 0 Å². The minimum atomic E-state index is -0.402. The molecule has 0 aliphatic rings. The molecule has 0 saturated heterocycles. The second-order valence-corrected chi connectivity index (χ2v) is 4.62. The molecule has 6 heteroatoms. The number of nitro groups is 1. The van der Waals surface area contributed by atoms with Gasteiger partial charge in [-0.25, -0.2) is 0 Å². The minimum absolute atomic E-state index is 0.0470. The number of unbranched alkanes of at least 4 members (excludes halogenated alkanes) is 1. The highest BCUT2D eigenvalue weighted by molar-refractivity contribution is 5.75. The Morgan fingerprint density at radius 1 is 1.20 bits per heavy atom. The van der Waals surface area contributed by atoms with E-state index in [9.17, 15) is 14.9 Å². The van der Waals surface area contributed by atoms with Crippen LogP contribution >= 0.6 is 0 Å². The molecule has 0 fully saturated rings. The van der Waals surface area contributed by atoms with E-state index in [1.54, 1.807) is 12.1 Å². The van der Waals surface area contributed by atoms with Crippen LogP contribution in [-0.4, -0.2) is 23.9 Å². The van der Waals surface area contributed by atoms with E-state index < -0.39 is 4.92 Å². The van der Waals surface area contributed by atoms with Gasteiger partial charge in [0.2, 0.25) is 5.91 Å². The summed E-state index contributed by atoms with van der Waals surface area (Å²) in [5.41, 5.74) is 6.51. The Morgan fingerprint density at radius 3 is 2.50 bits per heavy atom. The zero-order valence-electron chi connectivity index (χ0n) is 11.5. The topological polar surface area (TPSA) is 98.3 Å². The van der Waals surface area contributed by atoms with E-state index in [0.717, 1.165) is 24.8 Å². The largest absolute Gasteiger partial charge is 0.356 e. The monoisotopic (exact) mass is 279 g/mol. The van der Waals surface area contributed by atoms with Crippen molar-refractivity contribution in [2.24, 2.45) is 5.73 Å². The summed E-state index contributed by atoms with van der Waals surface area (Å²) in [7, 11) is 0. The van der Waals surface area contributed by atoms with Crippen molar-refractivity contribution in [3.05, 3.63) is 39.9 Å². The van der Waals surface area contributed by atoms with Gasteiger partial charge in [-0.3, -0.25) is 14.9 Å². The number of benzene rings is 1. The lowest BCUT2D eigenvalue weighted by Gasteiger charge is -2.05. The fourth-order valence-electron chi connectivity index (χ4n) is 1.82. The molecule has 0 saturated carbocycles. The average molecular weight is 279 g/mol. The van der Waals surface area contributed by atoms with Gasteiger partial charge < -0.3 is 11.1 Å². The molecular weight excluding hydrogens is 258 g/mol. The summed E-state index contributed by atoms with van der Waals surface area (Å²) in [6, 6.07) is 6.59. The van der Waals surface area contributed by atoms with Crippen LogP contribution < -0.4 is 11.1 Å². The Hall–Kier alpha value is -1.95. The Kier molecular flexibility index (Phi) is 7.27. The number of nitrogens with two attached hydrogens (primary N) is 1. The Labute approximate surface area is 118 Å². The minimum Gasteiger partial charge on any atom is -0.356 e. The molecule has 1 amide bonds. The molecule has 0 bridgehead atoms. The summed E-state index contributed by atoms with van der Waals surface area (Å²) in [5, 5.41) is 13.4. The fourth-order valence-corrected chi connectivity index (χ4v) is 1.82. The van der Waals surface area contributed by atoms with Crippen LogP contribution in [0.4, 0.5) is 5.69 Å². The van der Waals surface area contributed by atoms with Crippen molar-refractivity contribution in [3.63, 3.8) is 0 Å². The molecule has 6 nitrogen and oxygen atoms in total. The van der Waals surface area contributed by atoms with Crippen molar-refractivity contribution in [1.29, 1.82) is 0 Å². The molecule has 0 unspecified atom stereocenters. The molecule has 110 valence electrons. The van der Waals surface area contributed by atoms with E-state index in [1.807, 2.05) is 0 Å². The van der Waals surface area contributed by atoms with Crippen molar-refractivity contribution < 1.29 is 9.72 Å². The third kappa shape index (κ3) is 6.29. The van der Waals surface area contributed by atoms with Crippen LogP contribution in [0, 0.1) is 10.1 Å². The summed E-state index contributed by atoms with van der Waals surface area (Å²) in [4.78, 5) is 21.4. The Balaban J connectivity index is 2.15. The maximum atomic E-state index is 11.3. The van der Waals surface area contributed by atoms with Crippen LogP contribution in [-0.2, 0) is 11.2 Å². The zero-order valence-corrected chi connectivity index (χ0v) is 11.5. The number of hydrogen-bond acceptors (Lipinski definition) is 4. The van der Waals surface area contributed by atoms with E-state index in [4.69, 9.17) is 5.73 Å². The first-order chi connectivity index (χ1) is 9.63. The molecular formula is C14H21N3O3. The van der Waals surface area contributed by atoms with Gasteiger partial charge in [-0.2, -0.15) is 0 Å². The standard InChI is InChI=1S/C14H21N3O3/c15-10-3-5-14(18)16-11-2-1-4-12-6-8-13(9-7-12)17(19)20/h6-9H,1-5,10-11,15H2,(H,16,18). The van der Waals surface area contributed by atoms with E-state index >= 15 is 0 Å². The van der Waals surface area contributed by atoms with Gasteiger partial charge in [0.1, 0.15) is 0 Å². The molecule has 0 aliphatic carbocycles. The Morgan fingerprint density at radius 2 is 1.90 bits per heavy atom. The first kappa shape index (κ1) is 16.1. The maximum Gasteiger partial charge on any atom is 0.269 e. The number of carbonyl (C=O) groups excluding carboxylic acids is 1. The molecule has 1 rings (SSSR count). The number of nitrogens with one attached hydrogen (secondary N) is 1. The van der Waals surface area contributed by atoms with Crippen molar-refractivity contribution in [1.82, 2.24) is 5.32 Å². The zero-order chi connectivity index (χ0) is 14.8. The van der Waals surface area contributed by atoms with Gasteiger partial charge in [-0.1, -0.05) is 12.1 Å². The average Bonchev–Trinajstić information content (AvgIpc) is 2.45. The highest BCUT2D eigenvalue weighted by atomic mass is 16.6. The lowest BCUT2D eigenvalue weighted by molar-refractivity contribution is -0.384. The molecule has 0 atom stereocenters. The fraction of sp³-hybridized carbons (Fsp3) is 0.500. The van der Waals surface area contributed by atoms with Crippen LogP contribution in [0.3, 0.4) is 0 Å². The van der Waals surface area contributed by atoms with Gasteiger partial charge in [0, 0.05) is 25.1 Å². The van der Waals surface area contributed by atoms with Crippen molar-refractivity contribution in [2.75, 3.05) is 13.1 Å². The molecule has 3 N–H and O–H groups in total. The maximum absolute atomic E-state index is 11.3. The number of amides is 1. The van der Waals surface area contributed by atoms with Gasteiger partial charge in [0.05, 0.1) is 4.92 Å². The number of hydrogen-bond donors (Lipinski definition) is 2. The van der Waals surface area contributed by atoms with E-state index in [2.05, 4.69) is 5.32 Å². The van der Waals surface area contributed by atoms with Gasteiger partial charge in [-0.15, -0.1) is 0 Å². The lowest BCUT2D eigenvalue weighted by Crippen LogP contribution is -2.24.